The second-order valence-electron chi connectivity index (χ2n) is 1.46. The molecule has 0 atom stereocenters. The Kier molecular flexibility index (Phi) is 1.47. The van der Waals surface area contributed by atoms with Gasteiger partial charge in [0, 0.05) is 0 Å². The molecule has 8 heavy (non-hydrogen) atoms. The van der Waals surface area contributed by atoms with Crippen LogP contribution >= 0.6 is 0 Å². The first kappa shape index (κ1) is 5.09. The Morgan fingerprint density at radius 2 is 2.38 bits per heavy atom. The largest absolute Gasteiger partial charge is 0.493 e. The monoisotopic (exact) mass is 110 g/mol. The molecule has 0 aliphatic carbocycles. The van der Waals surface area contributed by atoms with Crippen LogP contribution in [0.3, 0.4) is 0 Å². The van der Waals surface area contributed by atoms with Crippen LogP contribution in [0.15, 0.2) is 24.5 Å². The standard InChI is InChI=1S/C6H6O2/c7-6-3-1-2-4-8-5-6/h1-4H,5H2. The van der Waals surface area contributed by atoms with Crippen LogP contribution in [0.4, 0.5) is 0 Å². The molecule has 0 aromatic carbocycles. The molecule has 1 heterocycles. The number of carbonyl (C=O) groups excluding carboxylic acids is 1. The molecule has 2 nitrogen and oxygen atoms in total. The van der Waals surface area contributed by atoms with Crippen molar-refractivity contribution in [3.8, 4) is 0 Å². The summed E-state index contributed by atoms with van der Waals surface area (Å²) in [6.45, 7) is 0.174. The lowest BCUT2D eigenvalue weighted by atomic mass is 10.4. The molecule has 0 bridgehead atoms. The molecule has 0 unspecified atom stereocenters. The van der Waals surface area contributed by atoms with Crippen molar-refractivity contribution in [2.45, 2.75) is 0 Å². The minimum atomic E-state index is 0.00926. The van der Waals surface area contributed by atoms with Gasteiger partial charge < -0.3 is 4.74 Å². The first-order chi connectivity index (χ1) is 3.89. The minimum Gasteiger partial charge on any atom is -0.493 e. The van der Waals surface area contributed by atoms with Crippen LogP contribution in [0.5, 0.6) is 0 Å². The molecule has 1 rings (SSSR count). The van der Waals surface area contributed by atoms with E-state index in [1.54, 1.807) is 12.2 Å². The summed E-state index contributed by atoms with van der Waals surface area (Å²) < 4.78 is 4.71. The summed E-state index contributed by atoms with van der Waals surface area (Å²) in [5.41, 5.74) is 0. The van der Waals surface area contributed by atoms with Gasteiger partial charge in [-0.1, -0.05) is 6.08 Å². The van der Waals surface area contributed by atoms with Crippen molar-refractivity contribution < 1.29 is 9.53 Å². The Hall–Kier alpha value is -1.05. The first-order valence-electron chi connectivity index (χ1n) is 2.37. The minimum absolute atomic E-state index is 0.00926. The molecule has 0 aromatic heterocycles. The second-order valence-corrected chi connectivity index (χ2v) is 1.46. The van der Waals surface area contributed by atoms with E-state index in [0.29, 0.717) is 0 Å². The fourth-order valence-corrected chi connectivity index (χ4v) is 0.442. The van der Waals surface area contributed by atoms with E-state index < -0.39 is 0 Å². The molecule has 0 radical (unpaired) electrons. The third-order valence-electron chi connectivity index (χ3n) is 0.794. The second kappa shape index (κ2) is 2.31. The van der Waals surface area contributed by atoms with Crippen molar-refractivity contribution in [3.63, 3.8) is 0 Å². The van der Waals surface area contributed by atoms with E-state index in [2.05, 4.69) is 0 Å². The maximum atomic E-state index is 10.4. The summed E-state index contributed by atoms with van der Waals surface area (Å²) in [5.74, 6) is 0.00926. The number of hydrogen-bond donors (Lipinski definition) is 0. The maximum absolute atomic E-state index is 10.4. The van der Waals surface area contributed by atoms with E-state index in [4.69, 9.17) is 4.74 Å². The highest BCUT2D eigenvalue weighted by Gasteiger charge is 1.94. The van der Waals surface area contributed by atoms with E-state index in [1.165, 1.54) is 12.3 Å². The Morgan fingerprint density at radius 3 is 3.25 bits per heavy atom. The van der Waals surface area contributed by atoms with Crippen molar-refractivity contribution in [2.24, 2.45) is 0 Å². The van der Waals surface area contributed by atoms with Gasteiger partial charge in [-0.3, -0.25) is 4.79 Å². The van der Waals surface area contributed by atoms with Crippen molar-refractivity contribution >= 4 is 5.78 Å². The zero-order valence-electron chi connectivity index (χ0n) is 4.33. The van der Waals surface area contributed by atoms with E-state index in [1.807, 2.05) is 0 Å². The highest BCUT2D eigenvalue weighted by molar-refractivity contribution is 5.91. The van der Waals surface area contributed by atoms with Crippen LogP contribution in [-0.2, 0) is 9.53 Å². The molecule has 0 N–H and O–H groups in total. The van der Waals surface area contributed by atoms with Gasteiger partial charge in [0.1, 0.15) is 6.61 Å². The molecule has 0 aromatic rings. The SMILES string of the molecule is O=C1C=CC=COC1. The van der Waals surface area contributed by atoms with Gasteiger partial charge in [0.15, 0.2) is 5.78 Å². The predicted octanol–water partition coefficient (Wildman–Crippen LogP) is 0.656. The number of ether oxygens (including phenoxy) is 1. The van der Waals surface area contributed by atoms with Crippen molar-refractivity contribution in [3.05, 3.63) is 24.5 Å². The van der Waals surface area contributed by atoms with Gasteiger partial charge in [0.05, 0.1) is 6.26 Å². The fourth-order valence-electron chi connectivity index (χ4n) is 0.442. The lowest BCUT2D eigenvalue weighted by Crippen LogP contribution is -1.99. The van der Waals surface area contributed by atoms with Gasteiger partial charge in [-0.15, -0.1) is 0 Å². The van der Waals surface area contributed by atoms with Crippen LogP contribution in [0.1, 0.15) is 0 Å². The van der Waals surface area contributed by atoms with Crippen molar-refractivity contribution in [1.29, 1.82) is 0 Å². The summed E-state index contributed by atoms with van der Waals surface area (Å²) in [5, 5.41) is 0. The third kappa shape index (κ3) is 1.22. The van der Waals surface area contributed by atoms with Crippen molar-refractivity contribution in [2.75, 3.05) is 6.61 Å². The van der Waals surface area contributed by atoms with Gasteiger partial charge in [0.2, 0.25) is 0 Å². The highest BCUT2D eigenvalue weighted by atomic mass is 16.5. The Morgan fingerprint density at radius 1 is 1.50 bits per heavy atom. The normalized spacial score (nSPS) is 17.8. The van der Waals surface area contributed by atoms with E-state index >= 15 is 0 Å². The predicted molar refractivity (Wildman–Crippen MR) is 29.2 cm³/mol. The van der Waals surface area contributed by atoms with Crippen LogP contribution < -0.4 is 0 Å². The van der Waals surface area contributed by atoms with Gasteiger partial charge >= 0.3 is 0 Å². The smallest absolute Gasteiger partial charge is 0.192 e. The zero-order valence-corrected chi connectivity index (χ0v) is 4.33. The van der Waals surface area contributed by atoms with Crippen LogP contribution in [0, 0.1) is 0 Å². The molecule has 2 heteroatoms. The molecule has 0 fully saturated rings. The molecule has 1 aliphatic rings. The van der Waals surface area contributed by atoms with E-state index in [0.717, 1.165) is 0 Å². The Labute approximate surface area is 47.5 Å². The molecule has 0 spiro atoms. The van der Waals surface area contributed by atoms with Gasteiger partial charge in [-0.25, -0.2) is 0 Å². The van der Waals surface area contributed by atoms with Crippen LogP contribution in [0.25, 0.3) is 0 Å². The topological polar surface area (TPSA) is 26.3 Å². The molecular formula is C6H6O2. The average molecular weight is 110 g/mol. The lowest BCUT2D eigenvalue weighted by Gasteiger charge is -1.89. The Balaban J connectivity index is 2.58. The fraction of sp³-hybridized carbons (Fsp3) is 0.167. The number of allylic oxidation sites excluding steroid dienone is 2. The number of rotatable bonds is 0. The van der Waals surface area contributed by atoms with Gasteiger partial charge in [0.25, 0.3) is 0 Å². The summed E-state index contributed by atoms with van der Waals surface area (Å²) in [6, 6.07) is 0. The average Bonchev–Trinajstić information content (AvgIpc) is 1.94. The molecule has 1 aliphatic heterocycles. The molecule has 0 amide bonds. The van der Waals surface area contributed by atoms with Crippen molar-refractivity contribution in [1.82, 2.24) is 0 Å². The maximum Gasteiger partial charge on any atom is 0.192 e. The summed E-state index contributed by atoms with van der Waals surface area (Å²) in [4.78, 5) is 10.4. The zero-order chi connectivity index (χ0) is 5.82. The van der Waals surface area contributed by atoms with E-state index in [9.17, 15) is 4.79 Å². The van der Waals surface area contributed by atoms with Gasteiger partial charge in [-0.2, -0.15) is 0 Å². The number of carbonyl (C=O) groups is 1. The summed E-state index contributed by atoms with van der Waals surface area (Å²) in [7, 11) is 0. The third-order valence-corrected chi connectivity index (χ3v) is 0.794. The first-order valence-corrected chi connectivity index (χ1v) is 2.37. The molecule has 42 valence electrons. The molecule has 0 saturated heterocycles. The number of hydrogen-bond acceptors (Lipinski definition) is 2. The molecular weight excluding hydrogens is 104 g/mol. The summed E-state index contributed by atoms with van der Waals surface area (Å²) >= 11 is 0. The quantitative estimate of drug-likeness (QED) is 0.457. The van der Waals surface area contributed by atoms with Gasteiger partial charge in [-0.05, 0) is 12.2 Å². The lowest BCUT2D eigenvalue weighted by molar-refractivity contribution is -0.117. The summed E-state index contributed by atoms with van der Waals surface area (Å²) in [6.07, 6.45) is 6.34. The molecule has 0 saturated carbocycles. The van der Waals surface area contributed by atoms with Crippen LogP contribution in [-0.4, -0.2) is 12.4 Å². The Bertz CT molecular complexity index is 145. The van der Waals surface area contributed by atoms with Crippen LogP contribution in [0.2, 0.25) is 0 Å². The van der Waals surface area contributed by atoms with E-state index in [-0.39, 0.29) is 12.4 Å². The highest BCUT2D eigenvalue weighted by Crippen LogP contribution is 1.88. The number of ketones is 1.